The van der Waals surface area contributed by atoms with E-state index in [4.69, 9.17) is 17.0 Å². The smallest absolute Gasteiger partial charge is 0.260 e. The van der Waals surface area contributed by atoms with Crippen LogP contribution in [-0.4, -0.2) is 40.6 Å². The Balaban J connectivity index is 2.22. The maximum atomic E-state index is 12.4. The van der Waals surface area contributed by atoms with Gasteiger partial charge in [-0.3, -0.25) is 24.1 Å². The highest BCUT2D eigenvalue weighted by molar-refractivity contribution is 7.80. The molecule has 1 saturated heterocycles. The van der Waals surface area contributed by atoms with Crippen LogP contribution in [0.2, 0.25) is 0 Å². The normalized spacial score (nSPS) is 14.9. The van der Waals surface area contributed by atoms with Crippen molar-refractivity contribution < 1.29 is 23.9 Å². The van der Waals surface area contributed by atoms with E-state index in [2.05, 4.69) is 10.6 Å². The Labute approximate surface area is 148 Å². The summed E-state index contributed by atoms with van der Waals surface area (Å²) in [7, 11) is 1.52. The van der Waals surface area contributed by atoms with Gasteiger partial charge in [0.1, 0.15) is 12.2 Å². The number of hydrogen-bond donors (Lipinski definition) is 2. The van der Waals surface area contributed by atoms with Crippen molar-refractivity contribution in [2.45, 2.75) is 13.3 Å². The predicted molar refractivity (Wildman–Crippen MR) is 92.6 cm³/mol. The molecule has 25 heavy (non-hydrogen) atoms. The fourth-order valence-electron chi connectivity index (χ4n) is 2.00. The number of ketones is 1. The zero-order valence-electron chi connectivity index (χ0n) is 13.5. The molecule has 1 aliphatic heterocycles. The van der Waals surface area contributed by atoms with Crippen LogP contribution in [0, 0.1) is 0 Å². The molecule has 1 aliphatic rings. The van der Waals surface area contributed by atoms with Crippen molar-refractivity contribution in [3.8, 4) is 5.75 Å². The van der Waals surface area contributed by atoms with E-state index in [1.54, 1.807) is 24.3 Å². The van der Waals surface area contributed by atoms with Gasteiger partial charge in [-0.05, 0) is 43.4 Å². The summed E-state index contributed by atoms with van der Waals surface area (Å²) in [4.78, 5) is 48.2. The van der Waals surface area contributed by atoms with Gasteiger partial charge in [0, 0.05) is 11.9 Å². The second-order valence-corrected chi connectivity index (χ2v) is 5.46. The van der Waals surface area contributed by atoms with E-state index < -0.39 is 29.9 Å². The molecule has 2 rings (SSSR count). The second-order valence-electron chi connectivity index (χ2n) is 5.08. The van der Waals surface area contributed by atoms with Gasteiger partial charge >= 0.3 is 0 Å². The largest absolute Gasteiger partial charge is 0.497 e. The molecule has 0 aliphatic carbocycles. The van der Waals surface area contributed by atoms with Crippen LogP contribution in [0.5, 0.6) is 5.75 Å². The highest BCUT2D eigenvalue weighted by atomic mass is 32.1. The first-order valence-electron chi connectivity index (χ1n) is 7.16. The number of nitrogens with one attached hydrogen (secondary N) is 2. The van der Waals surface area contributed by atoms with Crippen LogP contribution in [0.4, 0.5) is 5.69 Å². The van der Waals surface area contributed by atoms with E-state index >= 15 is 0 Å². The number of ether oxygens (including phenoxy) is 1. The van der Waals surface area contributed by atoms with Gasteiger partial charge in [0.15, 0.2) is 10.9 Å². The van der Waals surface area contributed by atoms with Gasteiger partial charge in [-0.15, -0.1) is 0 Å². The summed E-state index contributed by atoms with van der Waals surface area (Å²) < 4.78 is 5.02. The first kappa shape index (κ1) is 18.3. The third-order valence-electron chi connectivity index (χ3n) is 3.28. The van der Waals surface area contributed by atoms with Crippen LogP contribution in [0.3, 0.4) is 0 Å². The van der Waals surface area contributed by atoms with Gasteiger partial charge < -0.3 is 15.4 Å². The number of carbonyl (C=O) groups excluding carboxylic acids is 4. The van der Waals surface area contributed by atoms with Crippen LogP contribution >= 0.6 is 12.2 Å². The molecule has 1 heterocycles. The summed E-state index contributed by atoms with van der Waals surface area (Å²) in [6.45, 7) is 1.19. The average Bonchev–Trinajstić information content (AvgIpc) is 2.54. The third-order valence-corrected chi connectivity index (χ3v) is 3.57. The molecule has 0 unspecified atom stereocenters. The molecule has 9 heteroatoms. The maximum absolute atomic E-state index is 12.4. The fraction of sp³-hybridized carbons (Fsp3) is 0.188. The number of hydrogen-bond acceptors (Lipinski definition) is 6. The molecule has 0 bridgehead atoms. The van der Waals surface area contributed by atoms with Crippen molar-refractivity contribution in [3.63, 3.8) is 0 Å². The van der Waals surface area contributed by atoms with Gasteiger partial charge in [0.05, 0.1) is 12.7 Å². The lowest BCUT2D eigenvalue weighted by molar-refractivity contribution is -0.133. The zero-order chi connectivity index (χ0) is 18.6. The van der Waals surface area contributed by atoms with Gasteiger partial charge in [-0.1, -0.05) is 0 Å². The Kier molecular flexibility index (Phi) is 5.60. The Morgan fingerprint density at radius 2 is 1.92 bits per heavy atom. The summed E-state index contributed by atoms with van der Waals surface area (Å²) in [6, 6.07) is 6.49. The first-order valence-corrected chi connectivity index (χ1v) is 7.56. The Bertz CT molecular complexity index is 765. The molecule has 0 aromatic heterocycles. The molecule has 1 aromatic rings. The monoisotopic (exact) mass is 361 g/mol. The van der Waals surface area contributed by atoms with E-state index in [-0.39, 0.29) is 10.7 Å². The van der Waals surface area contributed by atoms with Crippen molar-refractivity contribution in [2.75, 3.05) is 12.4 Å². The maximum Gasteiger partial charge on any atom is 0.260 e. The number of rotatable bonds is 5. The van der Waals surface area contributed by atoms with Crippen LogP contribution in [-0.2, 0) is 19.2 Å². The minimum absolute atomic E-state index is 0.183. The molecule has 0 radical (unpaired) electrons. The SMILES string of the molecule is COc1ccc(NC(=O)/C(=C\N2C(=O)CC(=O)NC2=S)C(C)=O)cc1. The van der Waals surface area contributed by atoms with Crippen LogP contribution in [0.25, 0.3) is 0 Å². The topological polar surface area (TPSA) is 105 Å². The van der Waals surface area contributed by atoms with Crippen LogP contribution in [0.1, 0.15) is 13.3 Å². The molecular formula is C16H15N3O5S. The van der Waals surface area contributed by atoms with E-state index in [1.165, 1.54) is 14.0 Å². The van der Waals surface area contributed by atoms with Crippen molar-refractivity contribution >= 4 is 46.5 Å². The summed E-state index contributed by atoms with van der Waals surface area (Å²) in [5, 5.41) is 4.67. The Morgan fingerprint density at radius 3 is 2.44 bits per heavy atom. The van der Waals surface area contributed by atoms with Crippen molar-refractivity contribution in [3.05, 3.63) is 36.0 Å². The molecule has 130 valence electrons. The van der Waals surface area contributed by atoms with E-state index in [1.807, 2.05) is 0 Å². The van der Waals surface area contributed by atoms with Crippen LogP contribution in [0.15, 0.2) is 36.0 Å². The minimum atomic E-state index is -0.704. The van der Waals surface area contributed by atoms with Crippen molar-refractivity contribution in [1.82, 2.24) is 10.2 Å². The number of amides is 3. The Morgan fingerprint density at radius 1 is 1.28 bits per heavy atom. The molecule has 2 N–H and O–H groups in total. The molecule has 1 fully saturated rings. The summed E-state index contributed by atoms with van der Waals surface area (Å²) in [6.07, 6.45) is 0.618. The lowest BCUT2D eigenvalue weighted by atomic mass is 10.1. The summed E-state index contributed by atoms with van der Waals surface area (Å²) in [5.74, 6) is -1.81. The van der Waals surface area contributed by atoms with E-state index in [9.17, 15) is 19.2 Å². The van der Waals surface area contributed by atoms with Crippen molar-refractivity contribution in [2.24, 2.45) is 0 Å². The molecule has 1 aromatic carbocycles. The standard InChI is InChI=1S/C16H15N3O5S/c1-9(20)12(8-19-14(22)7-13(21)18-16(19)25)15(23)17-10-3-5-11(24-2)6-4-10/h3-6,8H,7H2,1-2H3,(H,17,23)(H,18,21,25)/b12-8-. The zero-order valence-corrected chi connectivity index (χ0v) is 14.3. The number of methoxy groups -OCH3 is 1. The quantitative estimate of drug-likeness (QED) is 0.347. The fourth-order valence-corrected chi connectivity index (χ4v) is 2.27. The number of Topliss-reactive ketones (excluding diaryl/α,β-unsaturated/α-hetero) is 1. The molecular weight excluding hydrogens is 346 g/mol. The average molecular weight is 361 g/mol. The number of anilines is 1. The highest BCUT2D eigenvalue weighted by Crippen LogP contribution is 2.16. The Hall–Kier alpha value is -3.07. The minimum Gasteiger partial charge on any atom is -0.497 e. The highest BCUT2D eigenvalue weighted by Gasteiger charge is 2.28. The lowest BCUT2D eigenvalue weighted by Crippen LogP contribution is -2.50. The van der Waals surface area contributed by atoms with Crippen molar-refractivity contribution in [1.29, 1.82) is 0 Å². The van der Waals surface area contributed by atoms with Gasteiger partial charge in [0.25, 0.3) is 5.91 Å². The molecule has 0 saturated carbocycles. The van der Waals surface area contributed by atoms with Gasteiger partial charge in [0.2, 0.25) is 11.8 Å². The molecule has 8 nitrogen and oxygen atoms in total. The number of carbonyl (C=O) groups is 4. The van der Waals surface area contributed by atoms with Gasteiger partial charge in [-0.25, -0.2) is 0 Å². The first-order chi connectivity index (χ1) is 11.8. The summed E-state index contributed by atoms with van der Waals surface area (Å²) >= 11 is 4.90. The number of nitrogens with zero attached hydrogens (tertiary/aromatic N) is 1. The second kappa shape index (κ2) is 7.67. The number of benzene rings is 1. The van der Waals surface area contributed by atoms with E-state index in [0.717, 1.165) is 11.1 Å². The predicted octanol–water partition coefficient (Wildman–Crippen LogP) is 0.740. The molecule has 3 amide bonds. The van der Waals surface area contributed by atoms with E-state index in [0.29, 0.717) is 11.4 Å². The van der Waals surface area contributed by atoms with Crippen LogP contribution < -0.4 is 15.4 Å². The third kappa shape index (κ3) is 4.48. The number of thiocarbonyl (C=S) groups is 1. The molecule has 0 atom stereocenters. The molecule has 0 spiro atoms. The van der Waals surface area contributed by atoms with Gasteiger partial charge in [-0.2, -0.15) is 0 Å². The summed E-state index contributed by atoms with van der Waals surface area (Å²) in [5.41, 5.74) is 0.168. The lowest BCUT2D eigenvalue weighted by Gasteiger charge is -2.24.